The Morgan fingerprint density at radius 2 is 2.80 bits per heavy atom. The van der Waals surface area contributed by atoms with E-state index in [4.69, 9.17) is 0 Å². The Kier molecular flexibility index (Phi) is 0.975. The number of rotatable bonds is 0. The number of aromatic amines is 1. The van der Waals surface area contributed by atoms with Crippen molar-refractivity contribution in [3.05, 3.63) is 5.53 Å². The minimum Gasteiger partial charge on any atom is -0.256 e. The van der Waals surface area contributed by atoms with Crippen LogP contribution in [0.25, 0.3) is 0 Å². The summed E-state index contributed by atoms with van der Waals surface area (Å²) in [6, 6.07) is 0. The lowest BCUT2D eigenvalue weighted by atomic mass is 11.9. The molecule has 0 aliphatic heterocycles. The summed E-state index contributed by atoms with van der Waals surface area (Å²) in [5.41, 5.74) is 2.03. The second kappa shape index (κ2) is 1.49. The van der Waals surface area contributed by atoms with Gasteiger partial charge in [-0.2, -0.15) is 4.86 Å². The van der Waals surface area contributed by atoms with Crippen LogP contribution in [-0.4, -0.2) is 9.72 Å². The molecule has 1 N–H and O–H groups in total. The molecule has 0 aromatic carbocycles. The fourth-order valence-corrected chi connectivity index (χ4v) is 1.16. The zero-order chi connectivity index (χ0) is 3.54. The van der Waals surface area contributed by atoms with Crippen molar-refractivity contribution in [3.63, 3.8) is 0 Å². The van der Waals surface area contributed by atoms with E-state index in [1.807, 2.05) is 5.53 Å². The Labute approximate surface area is 32.9 Å². The normalized spacial score (nSPS) is 11.2. The topological polar surface area (TPSA) is 28.7 Å². The molecule has 1 aromatic rings. The number of nitrogens with one attached hydrogen (secondary N) is 1. The fourth-order valence-electron chi connectivity index (χ4n) is 0.129. The summed E-state index contributed by atoms with van der Waals surface area (Å²) in [5.74, 6) is 0. The third-order valence-electron chi connectivity index (χ3n) is 0.270. The SMILES string of the molecule is c1pn[nH]p1. The van der Waals surface area contributed by atoms with Crippen molar-refractivity contribution in [3.8, 4) is 0 Å². The summed E-state index contributed by atoms with van der Waals surface area (Å²) in [7, 11) is 2.21. The second-order valence-electron chi connectivity index (χ2n) is 0.560. The summed E-state index contributed by atoms with van der Waals surface area (Å²) in [5, 5.41) is 0. The van der Waals surface area contributed by atoms with Gasteiger partial charge in [-0.3, -0.25) is 4.86 Å². The average Bonchev–Trinajstić information content (AvgIpc) is 1.76. The highest BCUT2D eigenvalue weighted by molar-refractivity contribution is 7.40. The maximum absolute atomic E-state index is 3.74. The van der Waals surface area contributed by atoms with Crippen LogP contribution in [0.2, 0.25) is 0 Å². The largest absolute Gasteiger partial charge is 0.256 e. The van der Waals surface area contributed by atoms with Gasteiger partial charge in [0.2, 0.25) is 0 Å². The van der Waals surface area contributed by atoms with Crippen molar-refractivity contribution in [2.45, 2.75) is 0 Å². The van der Waals surface area contributed by atoms with Crippen molar-refractivity contribution in [1.82, 2.24) is 9.72 Å². The monoisotopic (exact) mass is 104 g/mol. The summed E-state index contributed by atoms with van der Waals surface area (Å²) in [4.78, 5) is 6.49. The van der Waals surface area contributed by atoms with Gasteiger partial charge in [-0.25, -0.2) is 0 Å². The van der Waals surface area contributed by atoms with Crippen LogP contribution in [0.5, 0.6) is 0 Å². The summed E-state index contributed by atoms with van der Waals surface area (Å²) in [6.07, 6.45) is 0. The van der Waals surface area contributed by atoms with Gasteiger partial charge in [-0.15, -0.1) is 0 Å². The van der Waals surface area contributed by atoms with E-state index in [2.05, 4.69) is 9.72 Å². The van der Waals surface area contributed by atoms with Gasteiger partial charge in [-0.1, -0.05) is 0 Å². The molecule has 0 fully saturated rings. The zero-order valence-electron chi connectivity index (χ0n) is 2.42. The Bertz CT molecular complexity index is 64.1. The van der Waals surface area contributed by atoms with E-state index in [1.165, 1.54) is 0 Å². The number of nitrogens with zero attached hydrogens (tertiary/aromatic N) is 1. The Morgan fingerprint density at radius 3 is 3.00 bits per heavy atom. The van der Waals surface area contributed by atoms with Crippen molar-refractivity contribution >= 4 is 16.7 Å². The molecule has 0 aliphatic carbocycles. The standard InChI is InChI=1S/CH2N2P2/c1-4-2-3-5-1/h1H,(H,2,3). The lowest BCUT2D eigenvalue weighted by Crippen LogP contribution is -1.43. The van der Waals surface area contributed by atoms with Gasteiger partial charge in [0.25, 0.3) is 0 Å². The molecule has 26 valence electrons. The Hall–Kier alpha value is 0.0700. The summed E-state index contributed by atoms with van der Waals surface area (Å²) < 4.78 is 0. The van der Waals surface area contributed by atoms with Crippen LogP contribution >= 0.6 is 16.7 Å². The molecular formula is CH2N2P2. The van der Waals surface area contributed by atoms with Crippen molar-refractivity contribution in [1.29, 1.82) is 0 Å². The van der Waals surface area contributed by atoms with Crippen LogP contribution in [0.1, 0.15) is 0 Å². The maximum atomic E-state index is 3.74. The number of hydrogen-bond acceptors (Lipinski definition) is 1. The van der Waals surface area contributed by atoms with Crippen molar-refractivity contribution in [2.75, 3.05) is 0 Å². The van der Waals surface area contributed by atoms with E-state index in [0.717, 1.165) is 16.7 Å². The highest BCUT2D eigenvalue weighted by atomic mass is 31.1. The molecule has 0 radical (unpaired) electrons. The molecule has 0 aliphatic rings. The minimum absolute atomic E-state index is 1.07. The van der Waals surface area contributed by atoms with Crippen molar-refractivity contribution < 1.29 is 0 Å². The smallest absolute Gasteiger partial charge is 0.0675 e. The first-order valence-electron chi connectivity index (χ1n) is 1.16. The van der Waals surface area contributed by atoms with Crippen LogP contribution in [0, 0.1) is 0 Å². The molecule has 0 amide bonds. The number of hydrogen-bond donors (Lipinski definition) is 1. The first kappa shape index (κ1) is 3.27. The fraction of sp³-hybridized carbons (Fsp3) is 0. The molecule has 0 saturated heterocycles. The second-order valence-corrected chi connectivity index (χ2v) is 2.37. The minimum atomic E-state index is 1.07. The number of aromatic nitrogens is 2. The van der Waals surface area contributed by atoms with Crippen LogP contribution in [0.3, 0.4) is 0 Å². The third-order valence-corrected chi connectivity index (χ3v) is 1.73. The average molecular weight is 104 g/mol. The summed E-state index contributed by atoms with van der Waals surface area (Å²) in [6.45, 7) is 0. The van der Waals surface area contributed by atoms with E-state index in [9.17, 15) is 0 Å². The molecule has 5 heavy (non-hydrogen) atoms. The third kappa shape index (κ3) is 0.678. The molecule has 2 nitrogen and oxygen atoms in total. The van der Waals surface area contributed by atoms with E-state index in [1.54, 1.807) is 0 Å². The van der Waals surface area contributed by atoms with E-state index < -0.39 is 0 Å². The number of H-pyrrole nitrogens is 1. The van der Waals surface area contributed by atoms with Gasteiger partial charge in [0.05, 0.1) is 8.35 Å². The highest BCUT2D eigenvalue weighted by Crippen LogP contribution is 2.02. The lowest BCUT2D eigenvalue weighted by Gasteiger charge is -1.46. The maximum Gasteiger partial charge on any atom is 0.0675 e. The molecule has 0 bridgehead atoms. The van der Waals surface area contributed by atoms with Crippen LogP contribution in [0.15, 0.2) is 5.53 Å². The molecule has 0 unspecified atom stereocenters. The lowest BCUT2D eigenvalue weighted by molar-refractivity contribution is 1.27. The van der Waals surface area contributed by atoms with Crippen LogP contribution in [0.4, 0.5) is 0 Å². The van der Waals surface area contributed by atoms with Crippen LogP contribution < -0.4 is 0 Å². The van der Waals surface area contributed by atoms with Gasteiger partial charge < -0.3 is 0 Å². The van der Waals surface area contributed by atoms with Gasteiger partial charge in [0.1, 0.15) is 0 Å². The van der Waals surface area contributed by atoms with Gasteiger partial charge >= 0.3 is 0 Å². The Balaban J connectivity index is 3.13. The van der Waals surface area contributed by atoms with Gasteiger partial charge in [-0.05, 0) is 0 Å². The van der Waals surface area contributed by atoms with E-state index >= 15 is 0 Å². The highest BCUT2D eigenvalue weighted by Gasteiger charge is 1.59. The molecule has 1 aromatic heterocycles. The first-order chi connectivity index (χ1) is 2.50. The molecule has 1 heterocycles. The van der Waals surface area contributed by atoms with E-state index in [0.29, 0.717) is 0 Å². The Morgan fingerprint density at radius 1 is 1.80 bits per heavy atom. The molecule has 0 spiro atoms. The predicted molar refractivity (Wildman–Crippen MR) is 23.6 cm³/mol. The van der Waals surface area contributed by atoms with Gasteiger partial charge in [0.15, 0.2) is 0 Å². The molecular weight excluding hydrogens is 102 g/mol. The first-order valence-corrected chi connectivity index (χ1v) is 3.04. The van der Waals surface area contributed by atoms with Gasteiger partial charge in [0, 0.05) is 13.9 Å². The van der Waals surface area contributed by atoms with E-state index in [-0.39, 0.29) is 0 Å². The molecule has 0 saturated carbocycles. The quantitative estimate of drug-likeness (QED) is 0.531. The predicted octanol–water partition coefficient (Wildman–Crippen LogP) is 1.57. The van der Waals surface area contributed by atoms with Crippen LogP contribution in [-0.2, 0) is 0 Å². The zero-order valence-corrected chi connectivity index (χ0v) is 4.21. The summed E-state index contributed by atoms with van der Waals surface area (Å²) >= 11 is 0. The molecule has 1 rings (SSSR count). The van der Waals surface area contributed by atoms with Crippen molar-refractivity contribution in [2.24, 2.45) is 0 Å². The molecule has 4 heteroatoms. The molecule has 0 atom stereocenters.